The van der Waals surface area contributed by atoms with Crippen LogP contribution in [0.25, 0.3) is 0 Å². The average Bonchev–Trinajstić information content (AvgIpc) is 2.51. The largest absolute Gasteiger partial charge is 0.394 e. The molecule has 0 bridgehead atoms. The van der Waals surface area contributed by atoms with Gasteiger partial charge in [0.2, 0.25) is 0 Å². The first-order valence-corrected chi connectivity index (χ1v) is 9.83. The van der Waals surface area contributed by atoms with Crippen molar-refractivity contribution in [2.75, 3.05) is 39.2 Å². The molecule has 0 spiro atoms. The van der Waals surface area contributed by atoms with E-state index in [4.69, 9.17) is 14.6 Å². The van der Waals surface area contributed by atoms with Crippen molar-refractivity contribution in [3.8, 4) is 0 Å². The SMILES string of the molecule is CCSC(=O)N(CC(C)C)CC(C)C.COC(C)COC(C)CO. The van der Waals surface area contributed by atoms with Gasteiger partial charge in [0.05, 0.1) is 25.4 Å². The smallest absolute Gasteiger partial charge is 0.281 e. The van der Waals surface area contributed by atoms with Crippen LogP contribution in [-0.4, -0.2) is 66.6 Å². The zero-order valence-electron chi connectivity index (χ0n) is 16.9. The number of hydrogen-bond acceptors (Lipinski definition) is 5. The summed E-state index contributed by atoms with van der Waals surface area (Å²) < 4.78 is 10.1. The number of aliphatic hydroxyl groups excluding tert-OH is 1. The van der Waals surface area contributed by atoms with E-state index in [1.165, 1.54) is 11.8 Å². The van der Waals surface area contributed by atoms with E-state index in [0.717, 1.165) is 18.8 Å². The van der Waals surface area contributed by atoms with Gasteiger partial charge >= 0.3 is 0 Å². The summed E-state index contributed by atoms with van der Waals surface area (Å²) >= 11 is 1.41. The molecule has 0 saturated heterocycles. The average molecular weight is 366 g/mol. The molecular weight excluding hydrogens is 326 g/mol. The van der Waals surface area contributed by atoms with Gasteiger partial charge in [-0.3, -0.25) is 4.79 Å². The maximum Gasteiger partial charge on any atom is 0.281 e. The van der Waals surface area contributed by atoms with Gasteiger partial charge in [-0.15, -0.1) is 0 Å². The van der Waals surface area contributed by atoms with Crippen molar-refractivity contribution < 1.29 is 19.4 Å². The van der Waals surface area contributed by atoms with Crippen molar-refractivity contribution in [1.29, 1.82) is 0 Å². The second kappa shape index (κ2) is 16.2. The molecule has 0 aromatic carbocycles. The van der Waals surface area contributed by atoms with E-state index in [1.54, 1.807) is 7.11 Å². The highest BCUT2D eigenvalue weighted by Crippen LogP contribution is 2.12. The summed E-state index contributed by atoms with van der Waals surface area (Å²) in [5.74, 6) is 1.97. The monoisotopic (exact) mass is 365 g/mol. The van der Waals surface area contributed by atoms with Crippen LogP contribution in [0.4, 0.5) is 4.79 Å². The van der Waals surface area contributed by atoms with E-state index in [1.807, 2.05) is 25.7 Å². The minimum atomic E-state index is -0.0856. The lowest BCUT2D eigenvalue weighted by Crippen LogP contribution is -2.34. The van der Waals surface area contributed by atoms with Crippen molar-refractivity contribution in [1.82, 2.24) is 4.90 Å². The van der Waals surface area contributed by atoms with Gasteiger partial charge in [-0.05, 0) is 31.4 Å². The van der Waals surface area contributed by atoms with E-state index in [-0.39, 0.29) is 24.1 Å². The molecule has 1 N–H and O–H groups in total. The maximum atomic E-state index is 11.7. The van der Waals surface area contributed by atoms with Crippen LogP contribution < -0.4 is 0 Å². The lowest BCUT2D eigenvalue weighted by atomic mass is 10.1. The molecule has 1 amide bonds. The zero-order chi connectivity index (χ0) is 19.1. The first kappa shape index (κ1) is 25.9. The number of aliphatic hydroxyl groups is 1. The maximum absolute atomic E-state index is 11.7. The molecule has 5 nitrogen and oxygen atoms in total. The van der Waals surface area contributed by atoms with Crippen molar-refractivity contribution in [2.24, 2.45) is 11.8 Å². The van der Waals surface area contributed by atoms with Crippen LogP contribution in [0, 0.1) is 11.8 Å². The van der Waals surface area contributed by atoms with Crippen LogP contribution in [0.3, 0.4) is 0 Å². The van der Waals surface area contributed by atoms with Crippen LogP contribution in [0.1, 0.15) is 48.5 Å². The Labute approximate surface area is 153 Å². The number of rotatable bonds is 10. The molecule has 0 radical (unpaired) electrons. The first-order chi connectivity index (χ1) is 11.2. The molecule has 0 fully saturated rings. The highest BCUT2D eigenvalue weighted by Gasteiger charge is 2.15. The number of carbonyl (C=O) groups excluding carboxylic acids is 1. The quantitative estimate of drug-likeness (QED) is 0.636. The fourth-order valence-electron chi connectivity index (χ4n) is 1.74. The predicted molar refractivity (Wildman–Crippen MR) is 104 cm³/mol. The number of methoxy groups -OCH3 is 1. The van der Waals surface area contributed by atoms with Crippen LogP contribution in [0.2, 0.25) is 0 Å². The lowest BCUT2D eigenvalue weighted by Gasteiger charge is -2.25. The van der Waals surface area contributed by atoms with Gasteiger partial charge < -0.3 is 19.5 Å². The van der Waals surface area contributed by atoms with Gasteiger partial charge in [-0.2, -0.15) is 0 Å². The lowest BCUT2D eigenvalue weighted by molar-refractivity contribution is -0.0313. The van der Waals surface area contributed by atoms with E-state index in [9.17, 15) is 4.79 Å². The third kappa shape index (κ3) is 16.6. The molecule has 2 unspecified atom stereocenters. The summed E-state index contributed by atoms with van der Waals surface area (Å²) in [6.45, 7) is 16.7. The van der Waals surface area contributed by atoms with Crippen LogP contribution >= 0.6 is 11.8 Å². The second-order valence-corrected chi connectivity index (χ2v) is 7.98. The minimum absolute atomic E-state index is 0.0659. The van der Waals surface area contributed by atoms with Crippen molar-refractivity contribution in [2.45, 2.75) is 60.7 Å². The van der Waals surface area contributed by atoms with Crippen molar-refractivity contribution >= 4 is 17.0 Å². The Morgan fingerprint density at radius 2 is 1.54 bits per heavy atom. The number of ether oxygens (including phenoxy) is 2. The molecule has 0 aromatic heterocycles. The Hall–Kier alpha value is -0.300. The standard InChI is InChI=1S/C11H23NOS.C7H16O3/c1-6-14-11(13)12(7-9(2)3)8-10(4)5;1-6(4-8)10-5-7(2)9-3/h9-10H,6-8H2,1-5H3;6-8H,4-5H2,1-3H3. The van der Waals surface area contributed by atoms with E-state index < -0.39 is 0 Å². The number of thioether (sulfide) groups is 1. The Kier molecular flexibility index (Phi) is 17.5. The molecule has 0 aliphatic heterocycles. The normalized spacial score (nSPS) is 13.5. The Morgan fingerprint density at radius 1 is 1.04 bits per heavy atom. The second-order valence-electron chi connectivity index (χ2n) is 6.76. The molecule has 24 heavy (non-hydrogen) atoms. The summed E-state index contributed by atoms with van der Waals surface area (Å²) in [4.78, 5) is 13.7. The van der Waals surface area contributed by atoms with Crippen LogP contribution in [-0.2, 0) is 9.47 Å². The van der Waals surface area contributed by atoms with Crippen molar-refractivity contribution in [3.05, 3.63) is 0 Å². The third-order valence-electron chi connectivity index (χ3n) is 2.97. The third-order valence-corrected chi connectivity index (χ3v) is 3.77. The predicted octanol–water partition coefficient (Wildman–Crippen LogP) is 3.89. The van der Waals surface area contributed by atoms with Crippen molar-refractivity contribution in [3.63, 3.8) is 0 Å². The van der Waals surface area contributed by atoms with Crippen LogP contribution in [0.5, 0.6) is 0 Å². The van der Waals surface area contributed by atoms with Crippen LogP contribution in [0.15, 0.2) is 0 Å². The number of hydrogen-bond donors (Lipinski definition) is 1. The summed E-state index contributed by atoms with van der Waals surface area (Å²) in [5.41, 5.74) is 0. The number of nitrogens with zero attached hydrogens (tertiary/aromatic N) is 1. The molecule has 6 heteroatoms. The topological polar surface area (TPSA) is 59.0 Å². The van der Waals surface area contributed by atoms with E-state index >= 15 is 0 Å². The Morgan fingerprint density at radius 3 is 1.88 bits per heavy atom. The molecule has 0 aromatic rings. The highest BCUT2D eigenvalue weighted by molar-refractivity contribution is 8.13. The molecule has 0 saturated carbocycles. The molecule has 0 heterocycles. The first-order valence-electron chi connectivity index (χ1n) is 8.84. The van der Waals surface area contributed by atoms with Gasteiger partial charge in [-0.1, -0.05) is 46.4 Å². The molecule has 0 aliphatic rings. The number of amides is 1. The van der Waals surface area contributed by atoms with Gasteiger partial charge in [-0.25, -0.2) is 0 Å². The zero-order valence-corrected chi connectivity index (χ0v) is 17.7. The molecule has 0 aliphatic carbocycles. The molecule has 0 rings (SSSR count). The molecular formula is C18H39NO4S. The Balaban J connectivity index is 0. The summed E-state index contributed by atoms with van der Waals surface area (Å²) in [7, 11) is 1.64. The fraction of sp³-hybridized carbons (Fsp3) is 0.944. The molecule has 146 valence electrons. The summed E-state index contributed by atoms with van der Waals surface area (Å²) in [6, 6.07) is 0. The van der Waals surface area contributed by atoms with Gasteiger partial charge in [0, 0.05) is 20.2 Å². The van der Waals surface area contributed by atoms with Gasteiger partial charge in [0.1, 0.15) is 0 Å². The summed E-state index contributed by atoms with van der Waals surface area (Å²) in [6.07, 6.45) is 0.0200. The van der Waals surface area contributed by atoms with E-state index in [2.05, 4.69) is 27.7 Å². The van der Waals surface area contributed by atoms with Gasteiger partial charge in [0.15, 0.2) is 0 Å². The fourth-order valence-corrected chi connectivity index (χ4v) is 2.32. The van der Waals surface area contributed by atoms with E-state index in [0.29, 0.717) is 18.4 Å². The molecule has 2 atom stereocenters. The Bertz CT molecular complexity index is 281. The van der Waals surface area contributed by atoms with Gasteiger partial charge in [0.25, 0.3) is 5.24 Å². The minimum Gasteiger partial charge on any atom is -0.394 e. The highest BCUT2D eigenvalue weighted by atomic mass is 32.2. The summed E-state index contributed by atoms with van der Waals surface area (Å²) in [5, 5.41) is 8.79. The number of carbonyl (C=O) groups is 1.